The monoisotopic (exact) mass is 128 g/mol. The first-order valence-corrected chi connectivity index (χ1v) is 3.01. The lowest BCUT2D eigenvalue weighted by Gasteiger charge is -1.92. The number of aldehydes is 1. The largest absolute Gasteiger partial charge is 0.378 e. The zero-order valence-electron chi connectivity index (χ0n) is 5.89. The molecule has 0 saturated heterocycles. The molecule has 0 bridgehead atoms. The average Bonchev–Trinajstić information content (AvgIpc) is 1.89. The van der Waals surface area contributed by atoms with Crippen LogP contribution in [-0.2, 0) is 9.53 Å². The highest BCUT2D eigenvalue weighted by atomic mass is 16.5. The Morgan fingerprint density at radius 3 is 2.78 bits per heavy atom. The maximum absolute atomic E-state index is 9.98. The summed E-state index contributed by atoms with van der Waals surface area (Å²) in [5.41, 5.74) is 0.725. The van der Waals surface area contributed by atoms with Crippen LogP contribution in [0.4, 0.5) is 0 Å². The fraction of sp³-hybridized carbons (Fsp3) is 0.571. The maximum Gasteiger partial charge on any atom is 0.145 e. The van der Waals surface area contributed by atoms with Gasteiger partial charge in [0.2, 0.25) is 0 Å². The molecule has 0 rings (SSSR count). The molecule has 2 nitrogen and oxygen atoms in total. The Balaban J connectivity index is 3.31. The van der Waals surface area contributed by atoms with E-state index in [9.17, 15) is 4.79 Å². The minimum Gasteiger partial charge on any atom is -0.378 e. The SMILES string of the molecule is CCOC/C=C(/C)C=O. The van der Waals surface area contributed by atoms with Crippen molar-refractivity contribution in [2.24, 2.45) is 0 Å². The van der Waals surface area contributed by atoms with Gasteiger partial charge in [-0.1, -0.05) is 6.08 Å². The third-order valence-electron chi connectivity index (χ3n) is 0.913. The van der Waals surface area contributed by atoms with Crippen molar-refractivity contribution in [1.82, 2.24) is 0 Å². The van der Waals surface area contributed by atoms with Gasteiger partial charge in [0.15, 0.2) is 0 Å². The molecule has 0 amide bonds. The predicted octanol–water partition coefficient (Wildman–Crippen LogP) is 1.17. The second-order valence-electron chi connectivity index (χ2n) is 1.73. The molecule has 2 heteroatoms. The summed E-state index contributed by atoms with van der Waals surface area (Å²) in [7, 11) is 0. The van der Waals surface area contributed by atoms with Crippen molar-refractivity contribution in [3.63, 3.8) is 0 Å². The van der Waals surface area contributed by atoms with Crippen LogP contribution >= 0.6 is 0 Å². The number of hydrogen-bond donors (Lipinski definition) is 0. The van der Waals surface area contributed by atoms with Crippen LogP contribution in [0.2, 0.25) is 0 Å². The van der Waals surface area contributed by atoms with Gasteiger partial charge in [-0.3, -0.25) is 4.79 Å². The van der Waals surface area contributed by atoms with Crippen LogP contribution in [0.3, 0.4) is 0 Å². The summed E-state index contributed by atoms with van der Waals surface area (Å²) >= 11 is 0. The van der Waals surface area contributed by atoms with Crippen LogP contribution in [0.5, 0.6) is 0 Å². The molecule has 0 fully saturated rings. The molecule has 9 heavy (non-hydrogen) atoms. The molecule has 0 atom stereocenters. The van der Waals surface area contributed by atoms with Gasteiger partial charge in [-0.25, -0.2) is 0 Å². The minimum absolute atomic E-state index is 0.543. The molecule has 0 aliphatic heterocycles. The summed E-state index contributed by atoms with van der Waals surface area (Å²) < 4.78 is 4.97. The summed E-state index contributed by atoms with van der Waals surface area (Å²) in [6, 6.07) is 0. The van der Waals surface area contributed by atoms with Crippen LogP contribution in [0, 0.1) is 0 Å². The van der Waals surface area contributed by atoms with E-state index in [1.165, 1.54) is 0 Å². The fourth-order valence-electron chi connectivity index (χ4n) is 0.356. The molecule has 0 aromatic carbocycles. The first kappa shape index (κ1) is 8.37. The summed E-state index contributed by atoms with van der Waals surface area (Å²) in [6.07, 6.45) is 2.58. The van der Waals surface area contributed by atoms with E-state index in [0.717, 1.165) is 11.9 Å². The number of ether oxygens (including phenoxy) is 1. The zero-order chi connectivity index (χ0) is 7.11. The molecule has 0 aromatic rings. The lowest BCUT2D eigenvalue weighted by molar-refractivity contribution is -0.104. The van der Waals surface area contributed by atoms with Crippen molar-refractivity contribution in [2.45, 2.75) is 13.8 Å². The number of carbonyl (C=O) groups excluding carboxylic acids is 1. The number of rotatable bonds is 4. The van der Waals surface area contributed by atoms with Crippen molar-refractivity contribution >= 4 is 6.29 Å². The highest BCUT2D eigenvalue weighted by Crippen LogP contribution is 1.85. The van der Waals surface area contributed by atoms with Crippen LogP contribution in [0.15, 0.2) is 11.6 Å². The Morgan fingerprint density at radius 1 is 1.67 bits per heavy atom. The average molecular weight is 128 g/mol. The Morgan fingerprint density at radius 2 is 2.33 bits per heavy atom. The smallest absolute Gasteiger partial charge is 0.145 e. The van der Waals surface area contributed by atoms with Gasteiger partial charge in [0, 0.05) is 6.61 Å². The third kappa shape index (κ3) is 5.24. The molecule has 0 unspecified atom stereocenters. The summed E-state index contributed by atoms with van der Waals surface area (Å²) in [4.78, 5) is 9.98. The zero-order valence-corrected chi connectivity index (χ0v) is 5.89. The lowest BCUT2D eigenvalue weighted by atomic mass is 10.3. The van der Waals surface area contributed by atoms with Crippen molar-refractivity contribution in [2.75, 3.05) is 13.2 Å². The molecule has 0 N–H and O–H groups in total. The summed E-state index contributed by atoms with van der Waals surface area (Å²) in [5, 5.41) is 0. The highest BCUT2D eigenvalue weighted by Gasteiger charge is 1.81. The molecule has 0 radical (unpaired) electrons. The Kier molecular flexibility index (Phi) is 5.12. The molecule has 0 aliphatic carbocycles. The van der Waals surface area contributed by atoms with Crippen LogP contribution in [0.1, 0.15) is 13.8 Å². The van der Waals surface area contributed by atoms with Gasteiger partial charge in [-0.2, -0.15) is 0 Å². The van der Waals surface area contributed by atoms with E-state index in [1.54, 1.807) is 13.0 Å². The second kappa shape index (κ2) is 5.51. The fourth-order valence-corrected chi connectivity index (χ4v) is 0.356. The number of allylic oxidation sites excluding steroid dienone is 1. The van der Waals surface area contributed by atoms with E-state index >= 15 is 0 Å². The maximum atomic E-state index is 9.98. The van der Waals surface area contributed by atoms with Crippen molar-refractivity contribution in [3.8, 4) is 0 Å². The summed E-state index contributed by atoms with van der Waals surface area (Å²) in [6.45, 7) is 4.92. The van der Waals surface area contributed by atoms with Crippen LogP contribution in [-0.4, -0.2) is 19.5 Å². The number of carbonyl (C=O) groups is 1. The van der Waals surface area contributed by atoms with Gasteiger partial charge >= 0.3 is 0 Å². The Hall–Kier alpha value is -0.630. The summed E-state index contributed by atoms with van der Waals surface area (Å²) in [5.74, 6) is 0. The topological polar surface area (TPSA) is 26.3 Å². The molecule has 0 aliphatic rings. The van der Waals surface area contributed by atoms with Gasteiger partial charge < -0.3 is 4.74 Å². The normalized spacial score (nSPS) is 11.6. The highest BCUT2D eigenvalue weighted by molar-refractivity contribution is 5.71. The van der Waals surface area contributed by atoms with Crippen molar-refractivity contribution < 1.29 is 9.53 Å². The van der Waals surface area contributed by atoms with E-state index < -0.39 is 0 Å². The van der Waals surface area contributed by atoms with Crippen molar-refractivity contribution in [3.05, 3.63) is 11.6 Å². The van der Waals surface area contributed by atoms with Gasteiger partial charge in [-0.05, 0) is 19.4 Å². The molecule has 52 valence electrons. The standard InChI is InChI=1S/C7H12O2/c1-3-9-5-4-7(2)6-8/h4,6H,3,5H2,1-2H3/b7-4-. The van der Waals surface area contributed by atoms with Gasteiger partial charge in [0.05, 0.1) is 6.61 Å². The first-order valence-electron chi connectivity index (χ1n) is 3.01. The molecule has 0 heterocycles. The molecule has 0 saturated carbocycles. The van der Waals surface area contributed by atoms with Crippen molar-refractivity contribution in [1.29, 1.82) is 0 Å². The minimum atomic E-state index is 0.543. The molecule has 0 aromatic heterocycles. The van der Waals surface area contributed by atoms with E-state index in [1.807, 2.05) is 6.92 Å². The van der Waals surface area contributed by atoms with E-state index in [-0.39, 0.29) is 0 Å². The van der Waals surface area contributed by atoms with Gasteiger partial charge in [-0.15, -0.1) is 0 Å². The second-order valence-corrected chi connectivity index (χ2v) is 1.73. The van der Waals surface area contributed by atoms with Crippen LogP contribution in [0.25, 0.3) is 0 Å². The lowest BCUT2D eigenvalue weighted by Crippen LogP contribution is -1.90. The Bertz CT molecular complexity index is 105. The van der Waals surface area contributed by atoms with E-state index in [0.29, 0.717) is 13.2 Å². The predicted molar refractivity (Wildman–Crippen MR) is 36.3 cm³/mol. The molecule has 0 spiro atoms. The molecular formula is C7H12O2. The molecular weight excluding hydrogens is 116 g/mol. The quantitative estimate of drug-likeness (QED) is 0.323. The van der Waals surface area contributed by atoms with E-state index in [2.05, 4.69) is 0 Å². The third-order valence-corrected chi connectivity index (χ3v) is 0.913. The van der Waals surface area contributed by atoms with Gasteiger partial charge in [0.1, 0.15) is 6.29 Å². The van der Waals surface area contributed by atoms with Crippen LogP contribution < -0.4 is 0 Å². The first-order chi connectivity index (χ1) is 4.31. The number of hydrogen-bond acceptors (Lipinski definition) is 2. The Labute approximate surface area is 55.5 Å². The van der Waals surface area contributed by atoms with E-state index in [4.69, 9.17) is 4.74 Å². The van der Waals surface area contributed by atoms with Gasteiger partial charge in [0.25, 0.3) is 0 Å².